The first-order valence-corrected chi connectivity index (χ1v) is 17.1. The van der Waals surface area contributed by atoms with Crippen molar-refractivity contribution in [3.8, 4) is 22.9 Å². The molecule has 0 bridgehead atoms. The minimum Gasteiger partial charge on any atom is -0.436 e. The number of rotatable bonds is 10. The summed E-state index contributed by atoms with van der Waals surface area (Å²) in [4.78, 5) is 48.4. The van der Waals surface area contributed by atoms with Gasteiger partial charge in [0, 0.05) is 67.9 Å². The van der Waals surface area contributed by atoms with Gasteiger partial charge in [0.05, 0.1) is 18.1 Å². The predicted molar refractivity (Wildman–Crippen MR) is 193 cm³/mol. The van der Waals surface area contributed by atoms with Crippen LogP contribution in [0.15, 0.2) is 42.7 Å². The normalized spacial score (nSPS) is 15.1. The van der Waals surface area contributed by atoms with Crippen molar-refractivity contribution in [1.82, 2.24) is 30.1 Å². The van der Waals surface area contributed by atoms with Gasteiger partial charge in [-0.3, -0.25) is 14.6 Å². The standard InChI is InChI=1S/C31H39Cl2N7O2.C2H6.2CH2O/c1-3-6-38-9-11-40(12-10-38)31-35-19-28(20-36-31)42-30-14-24(13-29(37-30)25-15-26(32)17-27(33)16-25)21-39-7-4-23(5-8-39)18-34-22(2)41;3*1-2/h13-17,19-20,23H,3-12,18,21H2,1-2H3,(H,34,41);1-2H3;2*1H2. The molecule has 1 amide bonds. The smallest absolute Gasteiger partial charge is 0.225 e. The number of piperazine rings is 1. The fourth-order valence-electron chi connectivity index (χ4n) is 5.58. The van der Waals surface area contributed by atoms with Gasteiger partial charge in [-0.25, -0.2) is 15.0 Å². The predicted octanol–water partition coefficient (Wildman–Crippen LogP) is 6.17. The molecule has 2 aliphatic rings. The summed E-state index contributed by atoms with van der Waals surface area (Å²) in [5.41, 5.74) is 2.63. The average molecular weight is 703 g/mol. The second-order valence-electron chi connectivity index (χ2n) is 11.2. The molecule has 4 heterocycles. The van der Waals surface area contributed by atoms with Crippen LogP contribution in [0.1, 0.15) is 52.5 Å². The van der Waals surface area contributed by atoms with E-state index in [4.69, 9.17) is 42.5 Å². The summed E-state index contributed by atoms with van der Waals surface area (Å²) in [6.45, 7) is 20.2. The highest BCUT2D eigenvalue weighted by molar-refractivity contribution is 6.35. The van der Waals surface area contributed by atoms with Gasteiger partial charge in [0.2, 0.25) is 17.7 Å². The Morgan fingerprint density at radius 1 is 0.896 bits per heavy atom. The van der Waals surface area contributed by atoms with E-state index in [1.165, 1.54) is 6.42 Å². The van der Waals surface area contributed by atoms with Crippen LogP contribution in [0.25, 0.3) is 11.3 Å². The summed E-state index contributed by atoms with van der Waals surface area (Å²) in [5.74, 6) is 2.25. The van der Waals surface area contributed by atoms with Crippen LogP contribution in [0.3, 0.4) is 0 Å². The molecule has 0 radical (unpaired) electrons. The number of hydrogen-bond donors (Lipinski definition) is 1. The third-order valence-electron chi connectivity index (χ3n) is 7.80. The maximum atomic E-state index is 11.3. The van der Waals surface area contributed by atoms with Crippen LogP contribution in [0, 0.1) is 5.92 Å². The van der Waals surface area contributed by atoms with Crippen LogP contribution in [0.4, 0.5) is 5.95 Å². The van der Waals surface area contributed by atoms with E-state index in [2.05, 4.69) is 43.0 Å². The van der Waals surface area contributed by atoms with Crippen molar-refractivity contribution in [2.45, 2.75) is 53.5 Å². The van der Waals surface area contributed by atoms with Gasteiger partial charge in [0.25, 0.3) is 0 Å². The zero-order chi connectivity index (χ0) is 35.5. The molecule has 2 aliphatic heterocycles. The molecule has 5 rings (SSSR count). The van der Waals surface area contributed by atoms with E-state index in [1.54, 1.807) is 25.4 Å². The molecule has 3 aromatic rings. The van der Waals surface area contributed by atoms with Crippen LogP contribution in [-0.2, 0) is 20.9 Å². The second kappa shape index (κ2) is 22.1. The highest BCUT2D eigenvalue weighted by Gasteiger charge is 2.21. The summed E-state index contributed by atoms with van der Waals surface area (Å²) in [5, 5.41) is 4.05. The number of hydrogen-bond acceptors (Lipinski definition) is 10. The maximum absolute atomic E-state index is 11.3. The van der Waals surface area contributed by atoms with Crippen molar-refractivity contribution in [1.29, 1.82) is 0 Å². The van der Waals surface area contributed by atoms with Crippen molar-refractivity contribution in [3.05, 3.63) is 58.3 Å². The number of ether oxygens (including phenoxy) is 1. The Morgan fingerprint density at radius 3 is 2.06 bits per heavy atom. The number of piperidine rings is 1. The van der Waals surface area contributed by atoms with Gasteiger partial charge >= 0.3 is 0 Å². The van der Waals surface area contributed by atoms with Crippen molar-refractivity contribution >= 4 is 48.6 Å². The van der Waals surface area contributed by atoms with E-state index in [0.717, 1.165) is 94.5 Å². The molecule has 262 valence electrons. The number of carbonyl (C=O) groups is 3. The monoisotopic (exact) mass is 701 g/mol. The van der Waals surface area contributed by atoms with E-state index >= 15 is 0 Å². The number of pyridine rings is 1. The SMILES string of the molecule is C=O.C=O.CC.CCCN1CCN(c2ncc(Oc3cc(CN4CCC(CNC(C)=O)CC4)cc(-c4cc(Cl)cc(Cl)c4)n3)cn2)CC1. The number of nitrogens with zero attached hydrogens (tertiary/aromatic N) is 6. The summed E-state index contributed by atoms with van der Waals surface area (Å²) >= 11 is 12.7. The second-order valence-corrected chi connectivity index (χ2v) is 12.0. The molecule has 0 atom stereocenters. The molecule has 2 aromatic heterocycles. The quantitative estimate of drug-likeness (QED) is 0.263. The van der Waals surface area contributed by atoms with E-state index in [1.807, 2.05) is 45.6 Å². The molecule has 2 saturated heterocycles. The molecule has 13 heteroatoms. The number of anilines is 1. The van der Waals surface area contributed by atoms with Crippen LogP contribution in [0.5, 0.6) is 11.6 Å². The van der Waals surface area contributed by atoms with Crippen molar-refractivity contribution in [2.24, 2.45) is 5.92 Å². The molecule has 1 N–H and O–H groups in total. The number of likely N-dealkylation sites (tertiary alicyclic amines) is 1. The van der Waals surface area contributed by atoms with E-state index in [9.17, 15) is 4.79 Å². The van der Waals surface area contributed by atoms with Gasteiger partial charge < -0.3 is 24.5 Å². The fraction of sp³-hybridized carbons (Fsp3) is 0.486. The summed E-state index contributed by atoms with van der Waals surface area (Å²) in [6, 6.07) is 9.46. The minimum absolute atomic E-state index is 0.0284. The maximum Gasteiger partial charge on any atom is 0.225 e. The summed E-state index contributed by atoms with van der Waals surface area (Å²) in [6.07, 6.45) is 6.68. The van der Waals surface area contributed by atoms with Gasteiger partial charge in [-0.15, -0.1) is 0 Å². The lowest BCUT2D eigenvalue weighted by Crippen LogP contribution is -2.47. The van der Waals surface area contributed by atoms with E-state index < -0.39 is 0 Å². The first-order chi connectivity index (χ1) is 23.3. The van der Waals surface area contributed by atoms with Gasteiger partial charge in [0.1, 0.15) is 13.6 Å². The largest absolute Gasteiger partial charge is 0.436 e. The number of benzene rings is 1. The first-order valence-electron chi connectivity index (χ1n) is 16.3. The summed E-state index contributed by atoms with van der Waals surface area (Å²) < 4.78 is 6.21. The molecule has 11 nitrogen and oxygen atoms in total. The Labute approximate surface area is 295 Å². The molecule has 0 saturated carbocycles. The van der Waals surface area contributed by atoms with Gasteiger partial charge in [0.15, 0.2) is 5.75 Å². The Bertz CT molecular complexity index is 1360. The van der Waals surface area contributed by atoms with Crippen molar-refractivity contribution in [2.75, 3.05) is 57.3 Å². The Morgan fingerprint density at radius 2 is 1.50 bits per heavy atom. The number of carbonyl (C=O) groups excluding carboxylic acids is 3. The number of halogens is 2. The minimum atomic E-state index is 0.0284. The third kappa shape index (κ3) is 13.1. The zero-order valence-electron chi connectivity index (χ0n) is 28.6. The lowest BCUT2D eigenvalue weighted by molar-refractivity contribution is -0.119. The third-order valence-corrected chi connectivity index (χ3v) is 8.24. The van der Waals surface area contributed by atoms with Crippen LogP contribution in [-0.4, -0.2) is 96.6 Å². The average Bonchev–Trinajstić information content (AvgIpc) is 3.11. The summed E-state index contributed by atoms with van der Waals surface area (Å²) in [7, 11) is 0. The molecule has 0 spiro atoms. The van der Waals surface area contributed by atoms with Gasteiger partial charge in [-0.2, -0.15) is 0 Å². The Hall–Kier alpha value is -3.64. The topological polar surface area (TPSA) is 121 Å². The first kappa shape index (κ1) is 40.5. The molecule has 48 heavy (non-hydrogen) atoms. The highest BCUT2D eigenvalue weighted by Crippen LogP contribution is 2.31. The van der Waals surface area contributed by atoms with Crippen molar-refractivity contribution < 1.29 is 19.1 Å². The van der Waals surface area contributed by atoms with Crippen LogP contribution >= 0.6 is 23.2 Å². The van der Waals surface area contributed by atoms with E-state index in [0.29, 0.717) is 27.6 Å². The Kier molecular flexibility index (Phi) is 18.6. The molecule has 0 aliphatic carbocycles. The highest BCUT2D eigenvalue weighted by atomic mass is 35.5. The number of amides is 1. The van der Waals surface area contributed by atoms with Gasteiger partial charge in [-0.1, -0.05) is 44.0 Å². The van der Waals surface area contributed by atoms with Gasteiger partial charge in [-0.05, 0) is 74.6 Å². The lowest BCUT2D eigenvalue weighted by atomic mass is 9.96. The van der Waals surface area contributed by atoms with Crippen LogP contribution < -0.4 is 15.0 Å². The van der Waals surface area contributed by atoms with Crippen LogP contribution in [0.2, 0.25) is 10.0 Å². The number of nitrogens with one attached hydrogen (secondary N) is 1. The molecule has 2 fully saturated rings. The lowest BCUT2D eigenvalue weighted by Gasteiger charge is -2.34. The number of aromatic nitrogens is 3. The molecule has 0 unspecified atom stereocenters. The molecular weight excluding hydrogens is 653 g/mol. The molecular formula is C35H49Cl2N7O4. The van der Waals surface area contributed by atoms with E-state index in [-0.39, 0.29) is 5.91 Å². The Balaban J connectivity index is 0.00000126. The molecule has 1 aromatic carbocycles. The fourth-order valence-corrected chi connectivity index (χ4v) is 6.11. The zero-order valence-corrected chi connectivity index (χ0v) is 30.1. The van der Waals surface area contributed by atoms with Crippen molar-refractivity contribution in [3.63, 3.8) is 0 Å².